The molecule has 1 aliphatic carbocycles. The van der Waals surface area contributed by atoms with Gasteiger partial charge in [0.05, 0.1) is 11.7 Å². The van der Waals surface area contributed by atoms with Crippen molar-refractivity contribution in [2.45, 2.75) is 66.3 Å². The highest BCUT2D eigenvalue weighted by molar-refractivity contribution is 7.18. The minimum absolute atomic E-state index is 0.0382. The van der Waals surface area contributed by atoms with Crippen LogP contribution in [-0.2, 0) is 30.6 Å². The molecular formula is C21H27N5O2S2. The molecule has 3 aromatic rings. The fraction of sp³-hybridized carbons (Fsp3) is 0.571. The van der Waals surface area contributed by atoms with E-state index in [4.69, 9.17) is 0 Å². The molecule has 3 aromatic heterocycles. The number of amides is 1. The summed E-state index contributed by atoms with van der Waals surface area (Å²) in [6.45, 7) is 9.15. The van der Waals surface area contributed by atoms with Crippen LogP contribution >= 0.6 is 22.7 Å². The number of anilines is 1. The number of aryl methyl sites for hydroxylation is 3. The van der Waals surface area contributed by atoms with Crippen molar-refractivity contribution in [1.82, 2.24) is 19.7 Å². The van der Waals surface area contributed by atoms with Crippen LogP contribution in [0, 0.1) is 11.3 Å². The van der Waals surface area contributed by atoms with Gasteiger partial charge in [-0.25, -0.2) is 4.98 Å². The maximum Gasteiger partial charge on any atom is 0.262 e. The second-order valence-corrected chi connectivity index (χ2v) is 11.0. The number of aromatic nitrogens is 4. The maximum atomic E-state index is 13.1. The number of hydrogen-bond donors (Lipinski definition) is 1. The van der Waals surface area contributed by atoms with Crippen LogP contribution in [0.2, 0.25) is 0 Å². The van der Waals surface area contributed by atoms with Gasteiger partial charge < -0.3 is 5.32 Å². The number of thiophene rings is 1. The molecule has 30 heavy (non-hydrogen) atoms. The first kappa shape index (κ1) is 21.1. The van der Waals surface area contributed by atoms with Crippen molar-refractivity contribution >= 4 is 43.9 Å². The smallest absolute Gasteiger partial charge is 0.262 e. The van der Waals surface area contributed by atoms with Gasteiger partial charge in [0.15, 0.2) is 0 Å². The number of carbonyl (C=O) groups is 1. The first-order chi connectivity index (χ1) is 14.3. The first-order valence-electron chi connectivity index (χ1n) is 10.4. The molecule has 4 rings (SSSR count). The van der Waals surface area contributed by atoms with E-state index in [1.54, 1.807) is 22.2 Å². The molecule has 0 bridgehead atoms. The highest BCUT2D eigenvalue weighted by atomic mass is 32.1. The number of nitrogens with one attached hydrogen (secondary N) is 1. The van der Waals surface area contributed by atoms with Crippen LogP contribution in [0.1, 0.15) is 56.0 Å². The van der Waals surface area contributed by atoms with E-state index in [2.05, 4.69) is 41.3 Å². The highest BCUT2D eigenvalue weighted by Gasteiger charge is 2.31. The molecule has 1 amide bonds. The van der Waals surface area contributed by atoms with Crippen LogP contribution in [0.4, 0.5) is 5.13 Å². The lowest BCUT2D eigenvalue weighted by Crippen LogP contribution is -2.27. The van der Waals surface area contributed by atoms with Gasteiger partial charge in [0.2, 0.25) is 11.0 Å². The molecule has 0 spiro atoms. The fourth-order valence-electron chi connectivity index (χ4n) is 3.95. The van der Waals surface area contributed by atoms with Gasteiger partial charge in [0.1, 0.15) is 9.84 Å². The quantitative estimate of drug-likeness (QED) is 0.640. The van der Waals surface area contributed by atoms with Crippen LogP contribution < -0.4 is 10.9 Å². The van der Waals surface area contributed by atoms with Crippen LogP contribution in [-0.4, -0.2) is 25.7 Å². The zero-order valence-electron chi connectivity index (χ0n) is 17.8. The van der Waals surface area contributed by atoms with Crippen LogP contribution in [0.15, 0.2) is 11.1 Å². The molecule has 0 fully saturated rings. The summed E-state index contributed by atoms with van der Waals surface area (Å²) in [5.41, 5.74) is 1.40. The average Bonchev–Trinajstić information content (AvgIpc) is 3.30. The van der Waals surface area contributed by atoms with Crippen molar-refractivity contribution in [3.05, 3.63) is 32.1 Å². The van der Waals surface area contributed by atoms with Crippen molar-refractivity contribution in [2.24, 2.45) is 11.3 Å². The van der Waals surface area contributed by atoms with E-state index in [0.717, 1.165) is 40.9 Å². The Balaban J connectivity index is 1.50. The maximum absolute atomic E-state index is 13.1. The zero-order valence-corrected chi connectivity index (χ0v) is 19.5. The monoisotopic (exact) mass is 445 g/mol. The third-order valence-corrected chi connectivity index (χ3v) is 8.00. The molecule has 0 aliphatic heterocycles. The Morgan fingerprint density at radius 1 is 1.30 bits per heavy atom. The van der Waals surface area contributed by atoms with E-state index in [1.165, 1.54) is 21.8 Å². The molecule has 160 valence electrons. The third-order valence-electron chi connectivity index (χ3n) is 5.86. The molecule has 0 aromatic carbocycles. The SMILES string of the molecule is CCc1nnc(NC(=O)CCn2cnc3sc4c(c3c2=O)CCC(C(C)(C)C)C4)s1. The zero-order chi connectivity index (χ0) is 21.5. The first-order valence-corrected chi connectivity index (χ1v) is 12.0. The van der Waals surface area contributed by atoms with Crippen LogP contribution in [0.3, 0.4) is 0 Å². The Bertz CT molecular complexity index is 1140. The molecule has 0 saturated carbocycles. The van der Waals surface area contributed by atoms with E-state index in [9.17, 15) is 9.59 Å². The Labute approximate surface area is 183 Å². The second kappa shape index (κ2) is 8.19. The topological polar surface area (TPSA) is 89.8 Å². The number of carbonyl (C=O) groups excluding carboxylic acids is 1. The summed E-state index contributed by atoms with van der Waals surface area (Å²) < 4.78 is 1.56. The lowest BCUT2D eigenvalue weighted by Gasteiger charge is -2.33. The molecule has 1 unspecified atom stereocenters. The minimum atomic E-state index is -0.179. The molecule has 1 aliphatic rings. The predicted octanol–water partition coefficient (Wildman–Crippen LogP) is 4.05. The molecule has 1 N–H and O–H groups in total. The van der Waals surface area contributed by atoms with Gasteiger partial charge in [-0.15, -0.1) is 21.5 Å². The van der Waals surface area contributed by atoms with Gasteiger partial charge in [-0.2, -0.15) is 0 Å². The lowest BCUT2D eigenvalue weighted by atomic mass is 9.72. The van der Waals surface area contributed by atoms with E-state index in [0.29, 0.717) is 17.6 Å². The standard InChI is InChI=1S/C21H27N5O2S2/c1-5-16-24-25-20(30-16)23-15(27)8-9-26-11-22-18-17(19(26)28)13-7-6-12(21(2,3)4)10-14(13)29-18/h11-12H,5-10H2,1-4H3,(H,23,25,27). The van der Waals surface area contributed by atoms with Crippen molar-refractivity contribution in [3.8, 4) is 0 Å². The summed E-state index contributed by atoms with van der Waals surface area (Å²) in [6, 6.07) is 0. The minimum Gasteiger partial charge on any atom is -0.300 e. The van der Waals surface area contributed by atoms with Gasteiger partial charge in [-0.1, -0.05) is 39.0 Å². The van der Waals surface area contributed by atoms with E-state index in [1.807, 2.05) is 6.92 Å². The number of fused-ring (bicyclic) bond motifs is 3. The Hall–Kier alpha value is -2.13. The molecule has 1 atom stereocenters. The fourth-order valence-corrected chi connectivity index (χ4v) is 5.90. The second-order valence-electron chi connectivity index (χ2n) is 8.89. The Kier molecular flexibility index (Phi) is 5.76. The van der Waals surface area contributed by atoms with Crippen LogP contribution in [0.25, 0.3) is 10.2 Å². The predicted molar refractivity (Wildman–Crippen MR) is 121 cm³/mol. The van der Waals surface area contributed by atoms with Crippen molar-refractivity contribution in [3.63, 3.8) is 0 Å². The van der Waals surface area contributed by atoms with E-state index >= 15 is 0 Å². The summed E-state index contributed by atoms with van der Waals surface area (Å²) in [7, 11) is 0. The summed E-state index contributed by atoms with van der Waals surface area (Å²) in [5, 5.41) is 12.9. The summed E-state index contributed by atoms with van der Waals surface area (Å²) >= 11 is 3.03. The number of rotatable bonds is 5. The Morgan fingerprint density at radius 3 is 2.80 bits per heavy atom. The average molecular weight is 446 g/mol. The van der Waals surface area contributed by atoms with Crippen LogP contribution in [0.5, 0.6) is 0 Å². The van der Waals surface area contributed by atoms with Gasteiger partial charge in [-0.05, 0) is 42.6 Å². The molecule has 9 heteroatoms. The normalized spacial score (nSPS) is 16.6. The third kappa shape index (κ3) is 4.18. The summed E-state index contributed by atoms with van der Waals surface area (Å²) in [5.74, 6) is 0.443. The van der Waals surface area contributed by atoms with Gasteiger partial charge in [-0.3, -0.25) is 14.2 Å². The number of hydrogen-bond acceptors (Lipinski definition) is 7. The van der Waals surface area contributed by atoms with Gasteiger partial charge >= 0.3 is 0 Å². The molecule has 7 nitrogen and oxygen atoms in total. The molecule has 3 heterocycles. The Morgan fingerprint density at radius 2 is 2.10 bits per heavy atom. The van der Waals surface area contributed by atoms with E-state index < -0.39 is 0 Å². The highest BCUT2D eigenvalue weighted by Crippen LogP contribution is 2.41. The molecular weight excluding hydrogens is 418 g/mol. The van der Waals surface area contributed by atoms with E-state index in [-0.39, 0.29) is 23.3 Å². The van der Waals surface area contributed by atoms with Crippen molar-refractivity contribution in [2.75, 3.05) is 5.32 Å². The van der Waals surface area contributed by atoms with Crippen molar-refractivity contribution < 1.29 is 4.79 Å². The largest absolute Gasteiger partial charge is 0.300 e. The van der Waals surface area contributed by atoms with Gasteiger partial charge in [0, 0.05) is 17.8 Å². The number of nitrogens with zero attached hydrogens (tertiary/aromatic N) is 4. The lowest BCUT2D eigenvalue weighted by molar-refractivity contribution is -0.116. The molecule has 0 radical (unpaired) electrons. The molecule has 0 saturated heterocycles. The summed E-state index contributed by atoms with van der Waals surface area (Å²) in [6.07, 6.45) is 5.59. The van der Waals surface area contributed by atoms with Crippen molar-refractivity contribution in [1.29, 1.82) is 0 Å². The summed E-state index contributed by atoms with van der Waals surface area (Å²) in [4.78, 5) is 32.1. The van der Waals surface area contributed by atoms with Gasteiger partial charge in [0.25, 0.3) is 5.56 Å².